The standard InChI is InChI=1S/C14H16FN3S/c1-9-10(8-17-18-9)7-16-13-5-6-19-14-11(13)3-2-4-12(14)15/h2-4,8,13,16H,5-7H2,1H3,(H,17,18). The number of aromatic nitrogens is 2. The Bertz CT molecular complexity index is 582. The molecule has 0 saturated carbocycles. The Labute approximate surface area is 116 Å². The molecule has 2 aromatic rings. The summed E-state index contributed by atoms with van der Waals surface area (Å²) in [6.07, 6.45) is 2.87. The molecular weight excluding hydrogens is 261 g/mol. The third-order valence-corrected chi connectivity index (χ3v) is 4.66. The van der Waals surface area contributed by atoms with Gasteiger partial charge >= 0.3 is 0 Å². The molecule has 1 aliphatic heterocycles. The van der Waals surface area contributed by atoms with Gasteiger partial charge in [-0.1, -0.05) is 12.1 Å². The van der Waals surface area contributed by atoms with E-state index in [2.05, 4.69) is 15.5 Å². The number of rotatable bonds is 3. The molecule has 3 rings (SSSR count). The molecule has 1 unspecified atom stereocenters. The number of halogens is 1. The monoisotopic (exact) mass is 277 g/mol. The highest BCUT2D eigenvalue weighted by Gasteiger charge is 2.22. The first kappa shape index (κ1) is 12.7. The van der Waals surface area contributed by atoms with Gasteiger partial charge in [-0.05, 0) is 30.7 Å². The quantitative estimate of drug-likeness (QED) is 0.905. The van der Waals surface area contributed by atoms with E-state index in [1.54, 1.807) is 17.8 Å². The summed E-state index contributed by atoms with van der Waals surface area (Å²) in [6.45, 7) is 2.77. The van der Waals surface area contributed by atoms with Crippen molar-refractivity contribution in [3.63, 3.8) is 0 Å². The summed E-state index contributed by atoms with van der Waals surface area (Å²) in [4.78, 5) is 0.801. The number of H-pyrrole nitrogens is 1. The van der Waals surface area contributed by atoms with Crippen molar-refractivity contribution in [2.75, 3.05) is 5.75 Å². The van der Waals surface area contributed by atoms with Crippen molar-refractivity contribution < 1.29 is 4.39 Å². The Kier molecular flexibility index (Phi) is 3.57. The van der Waals surface area contributed by atoms with Gasteiger partial charge < -0.3 is 5.32 Å². The molecule has 0 bridgehead atoms. The third-order valence-electron chi connectivity index (χ3n) is 3.50. The summed E-state index contributed by atoms with van der Waals surface area (Å²) in [6, 6.07) is 5.57. The summed E-state index contributed by atoms with van der Waals surface area (Å²) in [5.41, 5.74) is 3.32. The second kappa shape index (κ2) is 5.35. The summed E-state index contributed by atoms with van der Waals surface area (Å²) in [5, 5.41) is 10.5. The van der Waals surface area contributed by atoms with Crippen LogP contribution in [-0.4, -0.2) is 16.0 Å². The fourth-order valence-corrected chi connectivity index (χ4v) is 3.53. The molecule has 0 spiro atoms. The van der Waals surface area contributed by atoms with Gasteiger partial charge in [0.1, 0.15) is 5.82 Å². The predicted octanol–water partition coefficient (Wildman–Crippen LogP) is 3.18. The number of aryl methyl sites for hydroxylation is 1. The first-order valence-corrected chi connectivity index (χ1v) is 7.37. The van der Waals surface area contributed by atoms with Crippen LogP contribution in [0.5, 0.6) is 0 Å². The Balaban J connectivity index is 1.77. The Morgan fingerprint density at radius 1 is 1.53 bits per heavy atom. The zero-order chi connectivity index (χ0) is 13.2. The molecule has 0 radical (unpaired) electrons. The molecule has 0 aliphatic carbocycles. The smallest absolute Gasteiger partial charge is 0.137 e. The lowest BCUT2D eigenvalue weighted by Gasteiger charge is -2.26. The van der Waals surface area contributed by atoms with Crippen LogP contribution in [0.15, 0.2) is 29.3 Å². The molecule has 19 heavy (non-hydrogen) atoms. The van der Waals surface area contributed by atoms with Crippen LogP contribution in [0.25, 0.3) is 0 Å². The van der Waals surface area contributed by atoms with E-state index in [1.807, 2.05) is 19.2 Å². The summed E-state index contributed by atoms with van der Waals surface area (Å²) in [7, 11) is 0. The van der Waals surface area contributed by atoms with E-state index in [-0.39, 0.29) is 11.9 Å². The molecule has 1 atom stereocenters. The molecule has 0 fully saturated rings. The lowest BCUT2D eigenvalue weighted by Crippen LogP contribution is -2.24. The van der Waals surface area contributed by atoms with Gasteiger partial charge in [-0.2, -0.15) is 5.10 Å². The van der Waals surface area contributed by atoms with E-state index in [0.717, 1.165) is 40.4 Å². The molecule has 2 N–H and O–H groups in total. The molecule has 2 heterocycles. The van der Waals surface area contributed by atoms with Crippen LogP contribution in [0.3, 0.4) is 0 Å². The van der Waals surface area contributed by atoms with Gasteiger partial charge in [0.25, 0.3) is 0 Å². The van der Waals surface area contributed by atoms with E-state index in [9.17, 15) is 4.39 Å². The van der Waals surface area contributed by atoms with Gasteiger partial charge in [0.2, 0.25) is 0 Å². The number of benzene rings is 1. The number of nitrogens with one attached hydrogen (secondary N) is 2. The number of aromatic amines is 1. The summed E-state index contributed by atoms with van der Waals surface area (Å²) in [5.74, 6) is 0.851. The van der Waals surface area contributed by atoms with Crippen LogP contribution in [0.1, 0.15) is 29.3 Å². The van der Waals surface area contributed by atoms with Crippen molar-refractivity contribution in [3.8, 4) is 0 Å². The topological polar surface area (TPSA) is 40.7 Å². The number of hydrogen-bond acceptors (Lipinski definition) is 3. The highest BCUT2D eigenvalue weighted by molar-refractivity contribution is 7.99. The maximum absolute atomic E-state index is 13.8. The Morgan fingerprint density at radius 2 is 2.42 bits per heavy atom. The lowest BCUT2D eigenvalue weighted by molar-refractivity contribution is 0.496. The molecule has 1 aliphatic rings. The van der Waals surface area contributed by atoms with Crippen molar-refractivity contribution in [3.05, 3.63) is 47.0 Å². The van der Waals surface area contributed by atoms with Crippen molar-refractivity contribution in [2.45, 2.75) is 30.8 Å². The van der Waals surface area contributed by atoms with Crippen molar-refractivity contribution in [2.24, 2.45) is 0 Å². The first-order valence-electron chi connectivity index (χ1n) is 6.39. The number of nitrogens with zero attached hydrogens (tertiary/aromatic N) is 1. The van der Waals surface area contributed by atoms with Crippen LogP contribution >= 0.6 is 11.8 Å². The zero-order valence-electron chi connectivity index (χ0n) is 10.7. The van der Waals surface area contributed by atoms with Gasteiger partial charge in [0.15, 0.2) is 0 Å². The highest BCUT2D eigenvalue weighted by Crippen LogP contribution is 2.37. The van der Waals surface area contributed by atoms with Crippen LogP contribution in [0.4, 0.5) is 4.39 Å². The average molecular weight is 277 g/mol. The largest absolute Gasteiger partial charge is 0.306 e. The predicted molar refractivity (Wildman–Crippen MR) is 74.6 cm³/mol. The van der Waals surface area contributed by atoms with Crippen LogP contribution < -0.4 is 5.32 Å². The van der Waals surface area contributed by atoms with E-state index < -0.39 is 0 Å². The van der Waals surface area contributed by atoms with E-state index in [4.69, 9.17) is 0 Å². The molecule has 0 saturated heterocycles. The van der Waals surface area contributed by atoms with Gasteiger partial charge in [-0.3, -0.25) is 5.10 Å². The minimum atomic E-state index is -0.103. The number of hydrogen-bond donors (Lipinski definition) is 2. The van der Waals surface area contributed by atoms with Crippen LogP contribution in [0.2, 0.25) is 0 Å². The molecular formula is C14H16FN3S. The van der Waals surface area contributed by atoms with Crippen molar-refractivity contribution >= 4 is 11.8 Å². The normalized spacial score (nSPS) is 18.3. The molecule has 100 valence electrons. The average Bonchev–Trinajstić information content (AvgIpc) is 2.82. The number of fused-ring (bicyclic) bond motifs is 1. The van der Waals surface area contributed by atoms with Gasteiger partial charge in [-0.25, -0.2) is 4.39 Å². The third kappa shape index (κ3) is 2.53. The Hall–Kier alpha value is -1.33. The molecule has 1 aromatic carbocycles. The zero-order valence-corrected chi connectivity index (χ0v) is 11.6. The van der Waals surface area contributed by atoms with Crippen molar-refractivity contribution in [1.82, 2.24) is 15.5 Å². The van der Waals surface area contributed by atoms with Crippen LogP contribution in [-0.2, 0) is 6.54 Å². The SMILES string of the molecule is Cc1[nH]ncc1CNC1CCSc2c(F)cccc21. The molecule has 5 heteroatoms. The maximum atomic E-state index is 13.8. The van der Waals surface area contributed by atoms with E-state index >= 15 is 0 Å². The summed E-state index contributed by atoms with van der Waals surface area (Å²) >= 11 is 1.61. The van der Waals surface area contributed by atoms with Gasteiger partial charge in [0.05, 0.1) is 6.20 Å². The van der Waals surface area contributed by atoms with Gasteiger partial charge in [-0.15, -0.1) is 11.8 Å². The maximum Gasteiger partial charge on any atom is 0.137 e. The molecule has 3 nitrogen and oxygen atoms in total. The Morgan fingerprint density at radius 3 is 3.21 bits per heavy atom. The summed E-state index contributed by atoms with van der Waals surface area (Å²) < 4.78 is 13.8. The number of thioether (sulfide) groups is 1. The first-order chi connectivity index (χ1) is 9.25. The lowest BCUT2D eigenvalue weighted by atomic mass is 10.0. The fraction of sp³-hybridized carbons (Fsp3) is 0.357. The minimum absolute atomic E-state index is 0.103. The van der Waals surface area contributed by atoms with E-state index in [1.165, 1.54) is 6.07 Å². The molecule has 0 amide bonds. The fourth-order valence-electron chi connectivity index (χ4n) is 2.39. The minimum Gasteiger partial charge on any atom is -0.306 e. The van der Waals surface area contributed by atoms with Crippen molar-refractivity contribution in [1.29, 1.82) is 0 Å². The van der Waals surface area contributed by atoms with Crippen LogP contribution in [0, 0.1) is 12.7 Å². The second-order valence-corrected chi connectivity index (χ2v) is 5.85. The second-order valence-electron chi connectivity index (χ2n) is 4.75. The highest BCUT2D eigenvalue weighted by atomic mass is 32.2. The molecule has 1 aromatic heterocycles. The van der Waals surface area contributed by atoms with Gasteiger partial charge in [0, 0.05) is 28.7 Å². The van der Waals surface area contributed by atoms with E-state index in [0.29, 0.717) is 0 Å².